The van der Waals surface area contributed by atoms with Crippen molar-refractivity contribution in [1.82, 2.24) is 4.31 Å². The van der Waals surface area contributed by atoms with Gasteiger partial charge in [0, 0.05) is 18.0 Å². The fraction of sp³-hybridized carbons (Fsp3) is 0.240. The van der Waals surface area contributed by atoms with E-state index in [1.165, 1.54) is 28.2 Å². The molecule has 0 bridgehead atoms. The lowest BCUT2D eigenvalue weighted by Crippen LogP contribution is -2.40. The number of morpholine rings is 1. The van der Waals surface area contributed by atoms with E-state index >= 15 is 0 Å². The van der Waals surface area contributed by atoms with E-state index in [-0.39, 0.29) is 16.1 Å². The quantitative estimate of drug-likeness (QED) is 0.552. The summed E-state index contributed by atoms with van der Waals surface area (Å²) in [4.78, 5) is 14.4. The summed E-state index contributed by atoms with van der Waals surface area (Å²) in [5.74, 6) is 0.769. The molecule has 0 saturated carbocycles. The molecule has 1 amide bonds. The predicted molar refractivity (Wildman–Crippen MR) is 131 cm³/mol. The second-order valence-electron chi connectivity index (χ2n) is 8.00. The number of hydrogen-bond acceptors (Lipinski definition) is 6. The first-order valence-electron chi connectivity index (χ1n) is 11.0. The van der Waals surface area contributed by atoms with Gasteiger partial charge >= 0.3 is 0 Å². The highest BCUT2D eigenvalue weighted by molar-refractivity contribution is 8.01. The summed E-state index contributed by atoms with van der Waals surface area (Å²) in [6, 6.07) is 21.7. The van der Waals surface area contributed by atoms with Crippen LogP contribution in [-0.2, 0) is 26.0 Å². The van der Waals surface area contributed by atoms with Gasteiger partial charge in [-0.3, -0.25) is 4.79 Å². The van der Waals surface area contributed by atoms with Gasteiger partial charge in [0.15, 0.2) is 5.75 Å². The Morgan fingerprint density at radius 3 is 2.50 bits per heavy atom. The number of hydrogen-bond donors (Lipinski definition) is 1. The van der Waals surface area contributed by atoms with E-state index in [2.05, 4.69) is 5.32 Å². The van der Waals surface area contributed by atoms with Gasteiger partial charge in [-0.1, -0.05) is 36.4 Å². The van der Waals surface area contributed by atoms with Crippen molar-refractivity contribution in [3.63, 3.8) is 0 Å². The minimum Gasteiger partial charge on any atom is -0.455 e. The molecule has 7 nitrogen and oxygen atoms in total. The van der Waals surface area contributed by atoms with Gasteiger partial charge in [-0.15, -0.1) is 11.8 Å². The highest BCUT2D eigenvalue weighted by Crippen LogP contribution is 2.38. The van der Waals surface area contributed by atoms with Crippen molar-refractivity contribution in [2.75, 3.05) is 31.6 Å². The number of sulfonamides is 1. The molecule has 9 heteroatoms. The largest absolute Gasteiger partial charge is 0.455 e. The van der Waals surface area contributed by atoms with Gasteiger partial charge in [-0.25, -0.2) is 8.42 Å². The third-order valence-corrected chi connectivity index (χ3v) is 8.94. The van der Waals surface area contributed by atoms with Gasteiger partial charge in [0.2, 0.25) is 15.9 Å². The summed E-state index contributed by atoms with van der Waals surface area (Å²) < 4.78 is 39.1. The summed E-state index contributed by atoms with van der Waals surface area (Å²) >= 11 is 1.51. The number of nitrogens with one attached hydrogen (secondary N) is 1. The molecule has 3 aromatic rings. The number of nitrogens with zero attached hydrogens (tertiary/aromatic N) is 1. The highest BCUT2D eigenvalue weighted by atomic mass is 32.2. The lowest BCUT2D eigenvalue weighted by molar-refractivity contribution is -0.115. The van der Waals surface area contributed by atoms with Gasteiger partial charge in [0.05, 0.1) is 29.0 Å². The molecule has 1 unspecified atom stereocenters. The molecule has 3 aromatic carbocycles. The van der Waals surface area contributed by atoms with Crippen molar-refractivity contribution in [2.24, 2.45) is 0 Å². The number of ether oxygens (including phenoxy) is 2. The Balaban J connectivity index is 1.44. The molecule has 34 heavy (non-hydrogen) atoms. The predicted octanol–water partition coefficient (Wildman–Crippen LogP) is 4.16. The molecule has 2 aliphatic rings. The van der Waals surface area contributed by atoms with Gasteiger partial charge in [0.1, 0.15) is 5.75 Å². The minimum atomic E-state index is -3.73. The number of carbonyl (C=O) groups is 1. The molecule has 1 atom stereocenters. The molecule has 1 saturated heterocycles. The molecule has 0 radical (unpaired) electrons. The van der Waals surface area contributed by atoms with E-state index in [4.69, 9.17) is 9.47 Å². The van der Waals surface area contributed by atoms with Gasteiger partial charge < -0.3 is 14.8 Å². The molecule has 2 heterocycles. The molecule has 0 spiro atoms. The number of fused-ring (bicyclic) bond motifs is 1. The monoisotopic (exact) mass is 496 g/mol. The minimum absolute atomic E-state index is 0.104. The Kier molecular flexibility index (Phi) is 6.60. The number of benzene rings is 3. The fourth-order valence-electron chi connectivity index (χ4n) is 3.95. The standard InChI is InChI=1S/C25H24N2O5S2/c28-25(24-16-18-6-4-5-9-23(18)33-24)26-21-17-20(34(29,30)27-12-14-31-15-13-27)10-11-22(21)32-19-7-2-1-3-8-19/h1-11,17,24H,12-16H2,(H,26,28). The summed E-state index contributed by atoms with van der Waals surface area (Å²) in [5, 5.41) is 2.63. The molecule has 5 rings (SSSR count). The van der Waals surface area contributed by atoms with Gasteiger partial charge in [-0.2, -0.15) is 4.31 Å². The number of anilines is 1. The van der Waals surface area contributed by atoms with Crippen LogP contribution in [0.3, 0.4) is 0 Å². The van der Waals surface area contributed by atoms with Crippen molar-refractivity contribution < 1.29 is 22.7 Å². The zero-order valence-corrected chi connectivity index (χ0v) is 20.0. The zero-order chi connectivity index (χ0) is 23.5. The highest BCUT2D eigenvalue weighted by Gasteiger charge is 2.30. The molecular weight excluding hydrogens is 472 g/mol. The van der Waals surface area contributed by atoms with Crippen LogP contribution in [0.2, 0.25) is 0 Å². The fourth-order valence-corrected chi connectivity index (χ4v) is 6.58. The maximum Gasteiger partial charge on any atom is 0.243 e. The summed E-state index contributed by atoms with van der Waals surface area (Å²) in [6.45, 7) is 1.31. The van der Waals surface area contributed by atoms with Crippen molar-refractivity contribution in [1.29, 1.82) is 0 Å². The van der Waals surface area contributed by atoms with Crippen LogP contribution in [0.4, 0.5) is 5.69 Å². The van der Waals surface area contributed by atoms with Gasteiger partial charge in [0.25, 0.3) is 0 Å². The number of thioether (sulfide) groups is 1. The van der Waals surface area contributed by atoms with Crippen LogP contribution >= 0.6 is 11.8 Å². The van der Waals surface area contributed by atoms with E-state index in [0.717, 1.165) is 10.5 Å². The Bertz CT molecular complexity index is 1270. The Morgan fingerprint density at radius 1 is 1.00 bits per heavy atom. The molecular formula is C25H24N2O5S2. The van der Waals surface area contributed by atoms with Crippen LogP contribution in [0.1, 0.15) is 5.56 Å². The zero-order valence-electron chi connectivity index (χ0n) is 18.3. The third kappa shape index (κ3) is 4.83. The van der Waals surface area contributed by atoms with Crippen molar-refractivity contribution >= 4 is 33.4 Å². The Hall–Kier alpha value is -2.85. The SMILES string of the molecule is O=C(Nc1cc(S(=O)(=O)N2CCOCC2)ccc1Oc1ccccc1)C1Cc2ccccc2S1. The smallest absolute Gasteiger partial charge is 0.243 e. The normalized spacial score (nSPS) is 18.3. The number of carbonyl (C=O) groups excluding carboxylic acids is 1. The van der Waals surface area contributed by atoms with Crippen LogP contribution in [0.15, 0.2) is 82.6 Å². The van der Waals surface area contributed by atoms with Crippen molar-refractivity contribution in [3.05, 3.63) is 78.4 Å². The van der Waals surface area contributed by atoms with Gasteiger partial charge in [-0.05, 0) is 48.4 Å². The molecule has 0 aliphatic carbocycles. The lowest BCUT2D eigenvalue weighted by atomic mass is 10.1. The van der Waals surface area contributed by atoms with Crippen LogP contribution in [0.5, 0.6) is 11.5 Å². The first-order valence-corrected chi connectivity index (χ1v) is 13.3. The van der Waals surface area contributed by atoms with Crippen molar-refractivity contribution in [2.45, 2.75) is 21.5 Å². The maximum absolute atomic E-state index is 13.2. The van der Waals surface area contributed by atoms with Crippen LogP contribution < -0.4 is 10.1 Å². The second-order valence-corrected chi connectivity index (χ2v) is 11.2. The Morgan fingerprint density at radius 2 is 1.74 bits per heavy atom. The van der Waals surface area contributed by atoms with E-state index in [9.17, 15) is 13.2 Å². The van der Waals surface area contributed by atoms with Crippen LogP contribution in [-0.4, -0.2) is 50.2 Å². The van der Waals surface area contributed by atoms with Crippen molar-refractivity contribution in [3.8, 4) is 11.5 Å². The maximum atomic E-state index is 13.2. The van der Waals surface area contributed by atoms with E-state index in [1.807, 2.05) is 42.5 Å². The summed E-state index contributed by atoms with van der Waals surface area (Å²) in [7, 11) is -3.73. The number of rotatable bonds is 6. The number of para-hydroxylation sites is 1. The Labute approximate surface area is 203 Å². The van der Waals surface area contributed by atoms with E-state index in [0.29, 0.717) is 49.9 Å². The molecule has 1 fully saturated rings. The van der Waals surface area contributed by atoms with Crippen LogP contribution in [0.25, 0.3) is 0 Å². The van der Waals surface area contributed by atoms with E-state index in [1.54, 1.807) is 18.2 Å². The van der Waals surface area contributed by atoms with Crippen LogP contribution in [0, 0.1) is 0 Å². The molecule has 0 aromatic heterocycles. The second kappa shape index (κ2) is 9.79. The average Bonchev–Trinajstić information content (AvgIpc) is 3.31. The topological polar surface area (TPSA) is 84.9 Å². The first kappa shape index (κ1) is 22.9. The molecule has 2 aliphatic heterocycles. The lowest BCUT2D eigenvalue weighted by Gasteiger charge is -2.26. The molecule has 176 valence electrons. The summed E-state index contributed by atoms with van der Waals surface area (Å²) in [6.07, 6.45) is 0.618. The first-order chi connectivity index (χ1) is 16.5. The molecule has 1 N–H and O–H groups in total. The summed E-state index contributed by atoms with van der Waals surface area (Å²) in [5.41, 5.74) is 1.46. The van der Waals surface area contributed by atoms with E-state index < -0.39 is 10.0 Å². The average molecular weight is 497 g/mol. The third-order valence-electron chi connectivity index (χ3n) is 5.73. The number of amides is 1.